The molecule has 0 bridgehead atoms. The summed E-state index contributed by atoms with van der Waals surface area (Å²) >= 11 is 0. The number of hydrogen-bond acceptors (Lipinski definition) is 3. The number of carboxylic acid groups (broad SMARTS) is 1. The minimum Gasteiger partial charge on any atom is -0.493 e. The van der Waals surface area contributed by atoms with Gasteiger partial charge in [-0.25, -0.2) is 0 Å². The van der Waals surface area contributed by atoms with Gasteiger partial charge in [-0.15, -0.1) is 0 Å². The van der Waals surface area contributed by atoms with Gasteiger partial charge in [0.05, 0.1) is 6.61 Å². The van der Waals surface area contributed by atoms with Crippen LogP contribution in [-0.2, 0) is 24.2 Å². The van der Waals surface area contributed by atoms with Gasteiger partial charge in [-0.05, 0) is 52.9 Å². The van der Waals surface area contributed by atoms with Crippen molar-refractivity contribution < 1.29 is 14.6 Å². The van der Waals surface area contributed by atoms with Crippen LogP contribution < -0.4 is 4.74 Å². The molecule has 1 aliphatic rings. The van der Waals surface area contributed by atoms with Crippen molar-refractivity contribution in [1.29, 1.82) is 0 Å². The monoisotopic (exact) mass is 389 g/mol. The zero-order valence-corrected chi connectivity index (χ0v) is 16.6. The first-order chi connectivity index (χ1) is 14.2. The van der Waals surface area contributed by atoms with Crippen LogP contribution >= 0.6 is 0 Å². The molecule has 0 amide bonds. The Labute approximate surface area is 171 Å². The van der Waals surface area contributed by atoms with Crippen molar-refractivity contribution in [1.82, 2.24) is 4.90 Å². The molecule has 4 nitrogen and oxygen atoms in total. The molecule has 150 valence electrons. The van der Waals surface area contributed by atoms with E-state index in [0.29, 0.717) is 13.0 Å². The topological polar surface area (TPSA) is 49.8 Å². The lowest BCUT2D eigenvalue weighted by Crippen LogP contribution is -2.31. The van der Waals surface area contributed by atoms with Crippen LogP contribution in [0.25, 0.3) is 10.8 Å². The van der Waals surface area contributed by atoms with Gasteiger partial charge in [-0.3, -0.25) is 9.69 Å². The molecule has 4 rings (SSSR count). The molecule has 0 radical (unpaired) electrons. The predicted octanol–water partition coefficient (Wildman–Crippen LogP) is 4.68. The highest BCUT2D eigenvalue weighted by Crippen LogP contribution is 2.28. The minimum atomic E-state index is -0.718. The molecular weight excluding hydrogens is 362 g/mol. The standard InChI is InChI=1S/C25H27NO3/c27-25(28)9-4-14-26-15-12-23-22(18-26)7-3-8-24(23)29-16-13-19-10-11-20-5-1-2-6-21(20)17-19/h1-3,5-8,10-11,17H,4,9,12-16,18H2,(H,27,28). The van der Waals surface area contributed by atoms with E-state index < -0.39 is 5.97 Å². The van der Waals surface area contributed by atoms with Gasteiger partial charge in [-0.2, -0.15) is 0 Å². The molecule has 0 unspecified atom stereocenters. The van der Waals surface area contributed by atoms with Gasteiger partial charge >= 0.3 is 5.97 Å². The Kier molecular flexibility index (Phi) is 6.11. The van der Waals surface area contributed by atoms with Crippen LogP contribution in [0.15, 0.2) is 60.7 Å². The summed E-state index contributed by atoms with van der Waals surface area (Å²) in [6, 6.07) is 21.3. The van der Waals surface area contributed by atoms with Crippen LogP contribution in [0.5, 0.6) is 5.75 Å². The van der Waals surface area contributed by atoms with E-state index >= 15 is 0 Å². The number of carboxylic acids is 1. The highest BCUT2D eigenvalue weighted by atomic mass is 16.5. The maximum Gasteiger partial charge on any atom is 0.303 e. The quantitative estimate of drug-likeness (QED) is 0.607. The van der Waals surface area contributed by atoms with Crippen molar-refractivity contribution in [3.63, 3.8) is 0 Å². The molecule has 0 spiro atoms. The van der Waals surface area contributed by atoms with E-state index in [1.54, 1.807) is 0 Å². The van der Waals surface area contributed by atoms with Crippen LogP contribution in [-0.4, -0.2) is 35.7 Å². The summed E-state index contributed by atoms with van der Waals surface area (Å²) in [7, 11) is 0. The molecule has 1 aliphatic heterocycles. The first-order valence-electron chi connectivity index (χ1n) is 10.3. The van der Waals surface area contributed by atoms with E-state index in [4.69, 9.17) is 9.84 Å². The van der Waals surface area contributed by atoms with E-state index in [-0.39, 0.29) is 6.42 Å². The average Bonchev–Trinajstić information content (AvgIpc) is 2.73. The Morgan fingerprint density at radius 3 is 2.76 bits per heavy atom. The normalized spacial score (nSPS) is 13.9. The third-order valence-corrected chi connectivity index (χ3v) is 5.63. The molecule has 1 heterocycles. The number of fused-ring (bicyclic) bond motifs is 2. The molecule has 3 aromatic carbocycles. The molecule has 0 aromatic heterocycles. The molecule has 29 heavy (non-hydrogen) atoms. The Bertz CT molecular complexity index is 998. The van der Waals surface area contributed by atoms with Crippen molar-refractivity contribution in [3.05, 3.63) is 77.4 Å². The summed E-state index contributed by atoms with van der Waals surface area (Å²) in [6.45, 7) is 3.32. The van der Waals surface area contributed by atoms with Crippen LogP contribution in [0, 0.1) is 0 Å². The van der Waals surface area contributed by atoms with Gasteiger partial charge in [0.15, 0.2) is 0 Å². The van der Waals surface area contributed by atoms with Crippen molar-refractivity contribution >= 4 is 16.7 Å². The van der Waals surface area contributed by atoms with Crippen molar-refractivity contribution in [2.45, 2.75) is 32.2 Å². The van der Waals surface area contributed by atoms with E-state index in [1.807, 2.05) is 0 Å². The Morgan fingerprint density at radius 2 is 1.90 bits per heavy atom. The van der Waals surface area contributed by atoms with Crippen LogP contribution in [0.1, 0.15) is 29.5 Å². The molecule has 0 atom stereocenters. The maximum atomic E-state index is 10.7. The molecule has 0 saturated heterocycles. The van der Waals surface area contributed by atoms with Gasteiger partial charge in [-0.1, -0.05) is 54.6 Å². The van der Waals surface area contributed by atoms with Gasteiger partial charge in [0, 0.05) is 25.9 Å². The number of carbonyl (C=O) groups is 1. The van der Waals surface area contributed by atoms with Gasteiger partial charge < -0.3 is 9.84 Å². The van der Waals surface area contributed by atoms with Gasteiger partial charge in [0.25, 0.3) is 0 Å². The number of benzene rings is 3. The number of ether oxygens (including phenoxy) is 1. The lowest BCUT2D eigenvalue weighted by molar-refractivity contribution is -0.137. The van der Waals surface area contributed by atoms with Crippen LogP contribution in [0.4, 0.5) is 0 Å². The molecule has 0 fully saturated rings. The Morgan fingerprint density at radius 1 is 1.03 bits per heavy atom. The minimum absolute atomic E-state index is 0.237. The second kappa shape index (κ2) is 9.10. The number of nitrogens with zero attached hydrogens (tertiary/aromatic N) is 1. The molecular formula is C25H27NO3. The summed E-state index contributed by atoms with van der Waals surface area (Å²) in [6.07, 6.45) is 2.78. The van der Waals surface area contributed by atoms with Gasteiger partial charge in [0.2, 0.25) is 0 Å². The third kappa shape index (κ3) is 4.96. The van der Waals surface area contributed by atoms with Crippen molar-refractivity contribution in [3.8, 4) is 5.75 Å². The van der Waals surface area contributed by atoms with Gasteiger partial charge in [0.1, 0.15) is 5.75 Å². The number of rotatable bonds is 8. The summed E-state index contributed by atoms with van der Waals surface area (Å²) < 4.78 is 6.17. The zero-order valence-electron chi connectivity index (χ0n) is 16.6. The zero-order chi connectivity index (χ0) is 20.1. The van der Waals surface area contributed by atoms with Crippen molar-refractivity contribution in [2.75, 3.05) is 19.7 Å². The van der Waals surface area contributed by atoms with E-state index in [2.05, 4.69) is 65.6 Å². The number of hydrogen-bond donors (Lipinski definition) is 1. The molecule has 0 aliphatic carbocycles. The fourth-order valence-corrected chi connectivity index (χ4v) is 4.09. The lowest BCUT2D eigenvalue weighted by atomic mass is 9.98. The second-order valence-corrected chi connectivity index (χ2v) is 7.70. The Balaban J connectivity index is 1.34. The predicted molar refractivity (Wildman–Crippen MR) is 115 cm³/mol. The maximum absolute atomic E-state index is 10.7. The fraction of sp³-hybridized carbons (Fsp3) is 0.320. The Hall–Kier alpha value is -2.85. The van der Waals surface area contributed by atoms with E-state index in [0.717, 1.165) is 38.2 Å². The van der Waals surface area contributed by atoms with Crippen LogP contribution in [0.2, 0.25) is 0 Å². The first kappa shape index (κ1) is 19.5. The van der Waals surface area contributed by atoms with Crippen molar-refractivity contribution in [2.24, 2.45) is 0 Å². The largest absolute Gasteiger partial charge is 0.493 e. The smallest absolute Gasteiger partial charge is 0.303 e. The van der Waals surface area contributed by atoms with E-state index in [9.17, 15) is 4.79 Å². The lowest BCUT2D eigenvalue weighted by Gasteiger charge is -2.29. The van der Waals surface area contributed by atoms with E-state index in [1.165, 1.54) is 27.5 Å². The fourth-order valence-electron chi connectivity index (χ4n) is 4.09. The SMILES string of the molecule is O=C(O)CCCN1CCc2c(cccc2OCCc2ccc3ccccc3c2)C1. The van der Waals surface area contributed by atoms with Crippen LogP contribution in [0.3, 0.4) is 0 Å². The molecule has 0 saturated carbocycles. The highest BCUT2D eigenvalue weighted by Gasteiger charge is 2.19. The summed E-state index contributed by atoms with van der Waals surface area (Å²) in [5, 5.41) is 11.4. The molecule has 4 heteroatoms. The highest BCUT2D eigenvalue weighted by molar-refractivity contribution is 5.82. The first-order valence-corrected chi connectivity index (χ1v) is 10.3. The summed E-state index contributed by atoms with van der Waals surface area (Å²) in [5.41, 5.74) is 3.90. The third-order valence-electron chi connectivity index (χ3n) is 5.63. The average molecular weight is 389 g/mol. The molecule has 1 N–H and O–H groups in total. The summed E-state index contributed by atoms with van der Waals surface area (Å²) in [4.78, 5) is 13.1. The molecule has 3 aromatic rings. The second-order valence-electron chi connectivity index (χ2n) is 7.70. The number of aliphatic carboxylic acids is 1. The summed E-state index contributed by atoms with van der Waals surface area (Å²) in [5.74, 6) is 0.276.